The minimum atomic E-state index is -0.995. The van der Waals surface area contributed by atoms with Crippen molar-refractivity contribution < 1.29 is 24.2 Å². The first-order chi connectivity index (χ1) is 17.0. The Morgan fingerprint density at radius 2 is 1.77 bits per heavy atom. The molecular weight excluding hydrogens is 448 g/mol. The fourth-order valence-corrected chi connectivity index (χ4v) is 4.47. The Morgan fingerprint density at radius 3 is 2.34 bits per heavy atom. The third-order valence-corrected chi connectivity index (χ3v) is 6.20. The van der Waals surface area contributed by atoms with Gasteiger partial charge in [-0.2, -0.15) is 0 Å². The van der Waals surface area contributed by atoms with Crippen LogP contribution in [-0.2, 0) is 20.7 Å². The van der Waals surface area contributed by atoms with Crippen LogP contribution >= 0.6 is 0 Å². The van der Waals surface area contributed by atoms with Crippen LogP contribution in [0.25, 0.3) is 11.1 Å². The lowest BCUT2D eigenvalue weighted by atomic mass is 9.98. The van der Waals surface area contributed by atoms with E-state index in [1.54, 1.807) is 13.1 Å². The summed E-state index contributed by atoms with van der Waals surface area (Å²) in [5.41, 5.74) is 5.11. The molecule has 0 bridgehead atoms. The van der Waals surface area contributed by atoms with Gasteiger partial charge in [-0.15, -0.1) is 0 Å². The van der Waals surface area contributed by atoms with Crippen LogP contribution in [-0.4, -0.2) is 63.7 Å². The van der Waals surface area contributed by atoms with Crippen molar-refractivity contribution >= 4 is 18.0 Å². The highest BCUT2D eigenvalue weighted by atomic mass is 16.5. The second-order valence-corrected chi connectivity index (χ2v) is 8.37. The van der Waals surface area contributed by atoms with Crippen molar-refractivity contribution in [3.05, 3.63) is 77.9 Å². The number of likely N-dealkylation sites (N-methyl/N-ethyl adjacent to an activating group) is 1. The van der Waals surface area contributed by atoms with E-state index in [1.807, 2.05) is 36.4 Å². The number of imidazole rings is 1. The zero-order valence-electron chi connectivity index (χ0n) is 19.4. The Bertz CT molecular complexity index is 1150. The number of H-pyrrole nitrogens is 1. The molecule has 0 spiro atoms. The van der Waals surface area contributed by atoms with Crippen LogP contribution in [0.5, 0.6) is 0 Å². The number of carbonyl (C=O) groups is 3. The third kappa shape index (κ3) is 5.51. The number of alkyl carbamates (subject to hydrolysis) is 1. The van der Waals surface area contributed by atoms with Gasteiger partial charge in [-0.1, -0.05) is 48.5 Å². The minimum absolute atomic E-state index is 0.0521. The van der Waals surface area contributed by atoms with Gasteiger partial charge in [-0.05, 0) is 29.2 Å². The Balaban J connectivity index is 1.45. The molecule has 35 heavy (non-hydrogen) atoms. The van der Waals surface area contributed by atoms with Crippen LogP contribution in [0.1, 0.15) is 36.1 Å². The number of carboxylic acids is 1. The maximum Gasteiger partial charge on any atom is 0.407 e. The lowest BCUT2D eigenvalue weighted by molar-refractivity contribution is -0.139. The van der Waals surface area contributed by atoms with Gasteiger partial charge in [-0.3, -0.25) is 9.59 Å². The fraction of sp³-hybridized carbons (Fsp3) is 0.308. The standard InChI is InChI=1S/C26H28N4O5/c1-2-30(12-11-24(31)32)25(33)23(13-17-14-27-16-28-17)29-26(34)35-15-22-20-9-5-3-7-18(20)19-8-4-6-10-21(19)22/h3-10,14,16,22-23H,2,11-13,15H2,1H3,(H,27,28)(H,29,34)(H,31,32)/t23-/m1/s1. The van der Waals surface area contributed by atoms with Crippen molar-refractivity contribution in [1.29, 1.82) is 0 Å². The largest absolute Gasteiger partial charge is 0.481 e. The molecule has 2 aromatic carbocycles. The number of aromatic nitrogens is 2. The van der Waals surface area contributed by atoms with Gasteiger partial charge in [0, 0.05) is 37.3 Å². The maximum absolute atomic E-state index is 13.2. The highest BCUT2D eigenvalue weighted by Crippen LogP contribution is 2.44. The van der Waals surface area contributed by atoms with Crippen LogP contribution in [0.3, 0.4) is 0 Å². The average molecular weight is 477 g/mol. The summed E-state index contributed by atoms with van der Waals surface area (Å²) < 4.78 is 5.61. The van der Waals surface area contributed by atoms with E-state index in [0.29, 0.717) is 12.2 Å². The number of benzene rings is 2. The molecule has 0 aliphatic heterocycles. The molecular formula is C26H28N4O5. The van der Waals surface area contributed by atoms with Gasteiger partial charge in [0.05, 0.1) is 12.7 Å². The molecule has 0 unspecified atom stereocenters. The molecule has 3 aromatic rings. The molecule has 1 atom stereocenters. The number of hydrogen-bond acceptors (Lipinski definition) is 5. The molecule has 0 saturated heterocycles. The summed E-state index contributed by atoms with van der Waals surface area (Å²) in [5, 5.41) is 11.7. The number of rotatable bonds is 10. The zero-order valence-corrected chi connectivity index (χ0v) is 19.4. The molecule has 182 valence electrons. The highest BCUT2D eigenvalue weighted by molar-refractivity contribution is 5.86. The molecule has 0 radical (unpaired) electrons. The minimum Gasteiger partial charge on any atom is -0.481 e. The maximum atomic E-state index is 13.2. The molecule has 1 heterocycles. The van der Waals surface area contributed by atoms with E-state index in [9.17, 15) is 14.4 Å². The summed E-state index contributed by atoms with van der Waals surface area (Å²) in [4.78, 5) is 45.3. The summed E-state index contributed by atoms with van der Waals surface area (Å²) in [7, 11) is 0. The topological polar surface area (TPSA) is 125 Å². The number of nitrogens with zero attached hydrogens (tertiary/aromatic N) is 2. The van der Waals surface area contributed by atoms with E-state index in [0.717, 1.165) is 22.3 Å². The first-order valence-corrected chi connectivity index (χ1v) is 11.6. The normalized spacial score (nSPS) is 12.9. The van der Waals surface area contributed by atoms with Crippen LogP contribution in [0.4, 0.5) is 4.79 Å². The number of amides is 2. The van der Waals surface area contributed by atoms with E-state index in [2.05, 4.69) is 27.4 Å². The number of aliphatic carboxylic acids is 1. The summed E-state index contributed by atoms with van der Waals surface area (Å²) in [6.45, 7) is 2.26. The summed E-state index contributed by atoms with van der Waals surface area (Å²) >= 11 is 0. The zero-order chi connectivity index (χ0) is 24.8. The molecule has 1 aliphatic carbocycles. The van der Waals surface area contributed by atoms with E-state index in [1.165, 1.54) is 11.2 Å². The molecule has 1 aliphatic rings. The van der Waals surface area contributed by atoms with Crippen molar-refractivity contribution in [2.75, 3.05) is 19.7 Å². The SMILES string of the molecule is CCN(CCC(=O)O)C(=O)[C@@H](Cc1cnc[nH]1)NC(=O)OCC1c2ccccc2-c2ccccc21. The van der Waals surface area contributed by atoms with E-state index < -0.39 is 18.1 Å². The Morgan fingerprint density at radius 1 is 1.11 bits per heavy atom. The van der Waals surface area contributed by atoms with Gasteiger partial charge in [0.2, 0.25) is 5.91 Å². The smallest absolute Gasteiger partial charge is 0.407 e. The molecule has 0 saturated carbocycles. The molecule has 4 rings (SSSR count). The molecule has 1 aromatic heterocycles. The fourth-order valence-electron chi connectivity index (χ4n) is 4.47. The van der Waals surface area contributed by atoms with E-state index in [4.69, 9.17) is 9.84 Å². The van der Waals surface area contributed by atoms with Crippen molar-refractivity contribution in [1.82, 2.24) is 20.2 Å². The third-order valence-electron chi connectivity index (χ3n) is 6.20. The van der Waals surface area contributed by atoms with Crippen LogP contribution in [0.2, 0.25) is 0 Å². The van der Waals surface area contributed by atoms with Crippen LogP contribution in [0.15, 0.2) is 61.1 Å². The number of fused-ring (bicyclic) bond motifs is 3. The Labute approximate surface area is 203 Å². The van der Waals surface area contributed by atoms with Gasteiger partial charge in [0.25, 0.3) is 0 Å². The molecule has 0 fully saturated rings. The number of carbonyl (C=O) groups excluding carboxylic acids is 2. The number of hydrogen-bond donors (Lipinski definition) is 3. The van der Waals surface area contributed by atoms with Crippen LogP contribution < -0.4 is 5.32 Å². The second kappa shape index (κ2) is 10.9. The first-order valence-electron chi connectivity index (χ1n) is 11.6. The Kier molecular flexibility index (Phi) is 7.45. The predicted molar refractivity (Wildman–Crippen MR) is 129 cm³/mol. The number of carboxylic acid groups (broad SMARTS) is 1. The van der Waals surface area contributed by atoms with Crippen molar-refractivity contribution in [2.24, 2.45) is 0 Å². The summed E-state index contributed by atoms with van der Waals surface area (Å²) in [5.74, 6) is -1.47. The lowest BCUT2D eigenvalue weighted by Gasteiger charge is -2.26. The van der Waals surface area contributed by atoms with Gasteiger partial charge in [0.1, 0.15) is 12.6 Å². The van der Waals surface area contributed by atoms with Crippen molar-refractivity contribution in [3.63, 3.8) is 0 Å². The number of ether oxygens (including phenoxy) is 1. The predicted octanol–water partition coefficient (Wildman–Crippen LogP) is 3.18. The van der Waals surface area contributed by atoms with Gasteiger partial charge < -0.3 is 25.0 Å². The van der Waals surface area contributed by atoms with E-state index >= 15 is 0 Å². The molecule has 9 nitrogen and oxygen atoms in total. The summed E-state index contributed by atoms with van der Waals surface area (Å²) in [6, 6.07) is 15.2. The van der Waals surface area contributed by atoms with Gasteiger partial charge >= 0.3 is 12.1 Å². The quantitative estimate of drug-likeness (QED) is 0.413. The summed E-state index contributed by atoms with van der Waals surface area (Å²) in [6.07, 6.45) is 2.35. The van der Waals surface area contributed by atoms with Gasteiger partial charge in [-0.25, -0.2) is 9.78 Å². The van der Waals surface area contributed by atoms with E-state index in [-0.39, 0.29) is 37.8 Å². The van der Waals surface area contributed by atoms with Crippen molar-refractivity contribution in [3.8, 4) is 11.1 Å². The average Bonchev–Trinajstić information content (AvgIpc) is 3.48. The second-order valence-electron chi connectivity index (χ2n) is 8.37. The number of aromatic amines is 1. The van der Waals surface area contributed by atoms with Crippen LogP contribution in [0, 0.1) is 0 Å². The van der Waals surface area contributed by atoms with Gasteiger partial charge in [0.15, 0.2) is 0 Å². The monoisotopic (exact) mass is 476 g/mol. The first kappa shape index (κ1) is 24.0. The lowest BCUT2D eigenvalue weighted by Crippen LogP contribution is -2.50. The molecule has 9 heteroatoms. The molecule has 3 N–H and O–H groups in total. The van der Waals surface area contributed by atoms with Crippen molar-refractivity contribution in [2.45, 2.75) is 31.7 Å². The number of nitrogens with one attached hydrogen (secondary N) is 2. The highest BCUT2D eigenvalue weighted by Gasteiger charge is 2.31. The Hall–Kier alpha value is -4.14. The molecule has 2 amide bonds.